The number of aryl methyl sites for hydroxylation is 1. The van der Waals surface area contributed by atoms with Crippen molar-refractivity contribution in [3.8, 4) is 11.5 Å². The summed E-state index contributed by atoms with van der Waals surface area (Å²) in [4.78, 5) is 31.5. The number of hydrogen-bond donors (Lipinski definition) is 1. The molecule has 2 heterocycles. The van der Waals surface area contributed by atoms with E-state index in [1.807, 2.05) is 36.4 Å². The monoisotopic (exact) mass is 404 g/mol. The van der Waals surface area contributed by atoms with Gasteiger partial charge < -0.3 is 14.1 Å². The van der Waals surface area contributed by atoms with Gasteiger partial charge in [0.1, 0.15) is 5.82 Å². The number of hydrogen-bond acceptors (Lipinski definition) is 7. The summed E-state index contributed by atoms with van der Waals surface area (Å²) in [5.74, 6) is 0.775. The lowest BCUT2D eigenvalue weighted by molar-refractivity contribution is -0.149. The summed E-state index contributed by atoms with van der Waals surface area (Å²) < 4.78 is 11.0. The van der Waals surface area contributed by atoms with Gasteiger partial charge in [-0.25, -0.2) is 4.98 Å². The molecule has 0 aliphatic heterocycles. The maximum Gasteiger partial charge on any atom is 0.306 e. The van der Waals surface area contributed by atoms with Crippen LogP contribution >= 0.6 is 0 Å². The summed E-state index contributed by atoms with van der Waals surface area (Å²) in [7, 11) is 0. The summed E-state index contributed by atoms with van der Waals surface area (Å²) in [6, 6.07) is 16.5. The van der Waals surface area contributed by atoms with Gasteiger partial charge in [0.2, 0.25) is 5.89 Å². The molecule has 30 heavy (non-hydrogen) atoms. The molecule has 0 spiro atoms. The SMILES string of the molecule is C[C@@H](OC(=O)CCCc1nc2ccccc2c(=O)[nH]1)c1nnc(-c2ccccc2)o1. The van der Waals surface area contributed by atoms with Gasteiger partial charge in [-0.2, -0.15) is 0 Å². The van der Waals surface area contributed by atoms with Crippen molar-refractivity contribution in [1.29, 1.82) is 0 Å². The zero-order chi connectivity index (χ0) is 20.9. The van der Waals surface area contributed by atoms with Crippen LogP contribution in [0.2, 0.25) is 0 Å². The van der Waals surface area contributed by atoms with Crippen LogP contribution in [0.1, 0.15) is 37.6 Å². The molecule has 2 aromatic carbocycles. The van der Waals surface area contributed by atoms with Gasteiger partial charge >= 0.3 is 5.97 Å². The highest BCUT2D eigenvalue weighted by Crippen LogP contribution is 2.22. The number of aromatic nitrogens is 4. The zero-order valence-corrected chi connectivity index (χ0v) is 16.4. The predicted octanol–water partition coefficient (Wildman–Crippen LogP) is 3.60. The molecule has 0 amide bonds. The lowest BCUT2D eigenvalue weighted by Gasteiger charge is -2.09. The maximum absolute atomic E-state index is 12.2. The molecule has 4 aromatic rings. The van der Waals surface area contributed by atoms with Crippen LogP contribution < -0.4 is 5.56 Å². The zero-order valence-electron chi connectivity index (χ0n) is 16.4. The Morgan fingerprint density at radius 1 is 1.10 bits per heavy atom. The summed E-state index contributed by atoms with van der Waals surface area (Å²) in [6.45, 7) is 1.68. The Bertz CT molecular complexity index is 1220. The molecule has 0 bridgehead atoms. The molecular weight excluding hydrogens is 384 g/mol. The van der Waals surface area contributed by atoms with Gasteiger partial charge in [-0.3, -0.25) is 9.59 Å². The molecule has 8 nitrogen and oxygen atoms in total. The van der Waals surface area contributed by atoms with Gasteiger partial charge in [0.25, 0.3) is 11.4 Å². The van der Waals surface area contributed by atoms with Crippen molar-refractivity contribution in [2.24, 2.45) is 0 Å². The molecule has 0 aliphatic rings. The predicted molar refractivity (Wildman–Crippen MR) is 110 cm³/mol. The standard InChI is InChI=1S/C22H20N4O4/c1-14(21-25-26-22(30-21)15-8-3-2-4-9-15)29-19(27)13-7-12-18-23-17-11-6-5-10-16(17)20(28)24-18/h2-6,8-11,14H,7,12-13H2,1H3,(H,23,24,28)/t14-/m1/s1. The molecule has 1 N–H and O–H groups in total. The van der Waals surface area contributed by atoms with Crippen LogP contribution in [-0.4, -0.2) is 26.1 Å². The van der Waals surface area contributed by atoms with Crippen molar-refractivity contribution >= 4 is 16.9 Å². The second-order valence-corrected chi connectivity index (χ2v) is 6.83. The third-order valence-electron chi connectivity index (χ3n) is 4.57. The van der Waals surface area contributed by atoms with Crippen LogP contribution in [0.3, 0.4) is 0 Å². The smallest absolute Gasteiger partial charge is 0.306 e. The van der Waals surface area contributed by atoms with Gasteiger partial charge in [0.15, 0.2) is 6.10 Å². The fourth-order valence-corrected chi connectivity index (χ4v) is 3.06. The van der Waals surface area contributed by atoms with E-state index in [2.05, 4.69) is 20.2 Å². The number of carbonyl (C=O) groups excluding carboxylic acids is 1. The average molecular weight is 404 g/mol. The van der Waals surface area contributed by atoms with Crippen molar-refractivity contribution < 1.29 is 13.9 Å². The van der Waals surface area contributed by atoms with Crippen molar-refractivity contribution in [3.63, 3.8) is 0 Å². The van der Waals surface area contributed by atoms with E-state index in [9.17, 15) is 9.59 Å². The number of fused-ring (bicyclic) bond motifs is 1. The third-order valence-corrected chi connectivity index (χ3v) is 4.57. The molecule has 0 radical (unpaired) electrons. The van der Waals surface area contributed by atoms with Crippen LogP contribution in [-0.2, 0) is 16.0 Å². The van der Waals surface area contributed by atoms with Crippen molar-refractivity contribution in [2.75, 3.05) is 0 Å². The molecule has 1 atom stereocenters. The van der Waals surface area contributed by atoms with E-state index >= 15 is 0 Å². The number of nitrogens with one attached hydrogen (secondary N) is 1. The van der Waals surface area contributed by atoms with Crippen molar-refractivity contribution in [2.45, 2.75) is 32.3 Å². The number of benzene rings is 2. The molecule has 4 rings (SSSR count). The van der Waals surface area contributed by atoms with Crippen LogP contribution in [0.25, 0.3) is 22.4 Å². The Morgan fingerprint density at radius 2 is 1.87 bits per heavy atom. The molecule has 0 saturated carbocycles. The Morgan fingerprint density at radius 3 is 2.70 bits per heavy atom. The summed E-state index contributed by atoms with van der Waals surface area (Å²) in [6.07, 6.45) is 0.482. The summed E-state index contributed by atoms with van der Waals surface area (Å²) in [5.41, 5.74) is 1.25. The third kappa shape index (κ3) is 4.43. The molecule has 8 heteroatoms. The van der Waals surface area contributed by atoms with Crippen LogP contribution in [0, 0.1) is 0 Å². The molecule has 0 fully saturated rings. The van der Waals surface area contributed by atoms with Gasteiger partial charge in [-0.1, -0.05) is 30.3 Å². The van der Waals surface area contributed by atoms with E-state index in [-0.39, 0.29) is 23.8 Å². The number of nitrogens with zero attached hydrogens (tertiary/aromatic N) is 3. The lowest BCUT2D eigenvalue weighted by Crippen LogP contribution is -2.13. The number of H-pyrrole nitrogens is 1. The summed E-state index contributed by atoms with van der Waals surface area (Å²) in [5, 5.41) is 8.51. The Kier molecular flexibility index (Phi) is 5.65. The van der Waals surface area contributed by atoms with Gasteiger partial charge in [-0.15, -0.1) is 10.2 Å². The fourth-order valence-electron chi connectivity index (χ4n) is 3.06. The highest BCUT2D eigenvalue weighted by atomic mass is 16.6. The minimum absolute atomic E-state index is 0.181. The molecule has 0 unspecified atom stereocenters. The van der Waals surface area contributed by atoms with Crippen molar-refractivity contribution in [3.05, 3.63) is 76.7 Å². The van der Waals surface area contributed by atoms with Crippen molar-refractivity contribution in [1.82, 2.24) is 20.2 Å². The Balaban J connectivity index is 1.31. The van der Waals surface area contributed by atoms with E-state index in [1.54, 1.807) is 25.1 Å². The van der Waals surface area contributed by atoms with Gasteiger partial charge in [-0.05, 0) is 37.6 Å². The second kappa shape index (κ2) is 8.69. The minimum atomic E-state index is -0.652. The quantitative estimate of drug-likeness (QED) is 0.469. The topological polar surface area (TPSA) is 111 Å². The van der Waals surface area contributed by atoms with E-state index in [0.29, 0.717) is 35.5 Å². The number of rotatable bonds is 7. The van der Waals surface area contributed by atoms with Crippen LogP contribution in [0.4, 0.5) is 0 Å². The largest absolute Gasteiger partial charge is 0.453 e. The first-order chi connectivity index (χ1) is 14.6. The average Bonchev–Trinajstić information content (AvgIpc) is 3.25. The first-order valence-electron chi connectivity index (χ1n) is 9.66. The number of ether oxygens (including phenoxy) is 1. The second-order valence-electron chi connectivity index (χ2n) is 6.83. The highest BCUT2D eigenvalue weighted by molar-refractivity contribution is 5.77. The summed E-state index contributed by atoms with van der Waals surface area (Å²) >= 11 is 0. The number of carbonyl (C=O) groups is 1. The van der Waals surface area contributed by atoms with Gasteiger partial charge in [0.05, 0.1) is 10.9 Å². The molecular formula is C22H20N4O4. The van der Waals surface area contributed by atoms with E-state index in [1.165, 1.54) is 0 Å². The molecule has 152 valence electrons. The minimum Gasteiger partial charge on any atom is -0.453 e. The highest BCUT2D eigenvalue weighted by Gasteiger charge is 2.19. The van der Waals surface area contributed by atoms with Crippen LogP contribution in [0.15, 0.2) is 63.8 Å². The first-order valence-corrected chi connectivity index (χ1v) is 9.66. The normalized spacial score (nSPS) is 12.0. The van der Waals surface area contributed by atoms with E-state index < -0.39 is 6.10 Å². The first kappa shape index (κ1) is 19.5. The van der Waals surface area contributed by atoms with E-state index in [4.69, 9.17) is 9.15 Å². The molecule has 0 aliphatic carbocycles. The molecule has 2 aromatic heterocycles. The van der Waals surface area contributed by atoms with Crippen LogP contribution in [0.5, 0.6) is 0 Å². The number of aromatic amines is 1. The molecule has 0 saturated heterocycles. The fraction of sp³-hybridized carbons (Fsp3) is 0.227. The number of esters is 1. The Hall–Kier alpha value is -3.81. The number of para-hydroxylation sites is 1. The lowest BCUT2D eigenvalue weighted by atomic mass is 10.2. The van der Waals surface area contributed by atoms with E-state index in [0.717, 1.165) is 5.56 Å². The Labute approximate surface area is 171 Å². The van der Waals surface area contributed by atoms with Gasteiger partial charge in [0, 0.05) is 18.4 Å². The maximum atomic E-state index is 12.2.